The van der Waals surface area contributed by atoms with E-state index in [1.165, 1.54) is 0 Å². The average molecular weight is 324 g/mol. The van der Waals surface area contributed by atoms with E-state index >= 15 is 0 Å². The number of amides is 2. The molecule has 1 aliphatic heterocycles. The van der Waals surface area contributed by atoms with Gasteiger partial charge in [-0.25, -0.2) is 4.79 Å². The maximum absolute atomic E-state index is 12.5. The van der Waals surface area contributed by atoms with E-state index in [9.17, 15) is 14.4 Å². The summed E-state index contributed by atoms with van der Waals surface area (Å²) in [5, 5.41) is 2.25. The van der Waals surface area contributed by atoms with Crippen molar-refractivity contribution in [3.63, 3.8) is 0 Å². The standard InChI is InChI=1S/C16H24N2O5/c1-16(15(21)23-18-13(19)7-8-14(18)20)10-5-4-6-12(9-11-16)22-17(2)3/h4,6,12H,5,7-11H2,1-3H3/b6-4+/t12-,16+/m1/s1. The van der Waals surface area contributed by atoms with E-state index in [1.807, 2.05) is 33.2 Å². The van der Waals surface area contributed by atoms with Crippen LogP contribution in [0.25, 0.3) is 0 Å². The molecule has 0 N–H and O–H groups in total. The zero-order valence-electron chi connectivity index (χ0n) is 13.9. The number of hydroxylamine groups is 4. The molecule has 1 heterocycles. The highest BCUT2D eigenvalue weighted by atomic mass is 16.7. The molecule has 2 atom stereocenters. The predicted molar refractivity (Wildman–Crippen MR) is 81.5 cm³/mol. The van der Waals surface area contributed by atoms with Gasteiger partial charge in [0.05, 0.1) is 11.5 Å². The van der Waals surface area contributed by atoms with E-state index in [-0.39, 0.29) is 18.9 Å². The van der Waals surface area contributed by atoms with Crippen LogP contribution in [0.2, 0.25) is 0 Å². The molecule has 2 amide bonds. The smallest absolute Gasteiger partial charge is 0.330 e. The minimum Gasteiger partial charge on any atom is -0.330 e. The molecule has 23 heavy (non-hydrogen) atoms. The number of rotatable bonds is 4. The van der Waals surface area contributed by atoms with Crippen LogP contribution in [0.4, 0.5) is 0 Å². The molecule has 0 aromatic carbocycles. The van der Waals surface area contributed by atoms with Crippen LogP contribution in [-0.2, 0) is 24.1 Å². The first-order chi connectivity index (χ1) is 10.8. The molecule has 7 nitrogen and oxygen atoms in total. The molecular weight excluding hydrogens is 300 g/mol. The van der Waals surface area contributed by atoms with Gasteiger partial charge in [-0.3, -0.25) is 14.4 Å². The summed E-state index contributed by atoms with van der Waals surface area (Å²) in [6.07, 6.45) is 6.62. The largest absolute Gasteiger partial charge is 0.339 e. The third-order valence-electron chi connectivity index (χ3n) is 4.21. The number of nitrogens with zero attached hydrogens (tertiary/aromatic N) is 2. The molecule has 2 rings (SSSR count). The Kier molecular flexibility index (Phi) is 5.54. The summed E-state index contributed by atoms with van der Waals surface area (Å²) in [5.41, 5.74) is -0.748. The second-order valence-corrected chi connectivity index (χ2v) is 6.48. The van der Waals surface area contributed by atoms with E-state index in [1.54, 1.807) is 5.06 Å². The van der Waals surface area contributed by atoms with Gasteiger partial charge in [0.25, 0.3) is 11.8 Å². The van der Waals surface area contributed by atoms with Gasteiger partial charge in [-0.05, 0) is 32.6 Å². The van der Waals surface area contributed by atoms with Crippen LogP contribution >= 0.6 is 0 Å². The molecule has 0 bridgehead atoms. The Balaban J connectivity index is 2.01. The summed E-state index contributed by atoms with van der Waals surface area (Å²) < 4.78 is 0. The van der Waals surface area contributed by atoms with E-state index in [4.69, 9.17) is 9.68 Å². The zero-order chi connectivity index (χ0) is 17.0. The summed E-state index contributed by atoms with van der Waals surface area (Å²) in [6, 6.07) is 0. The lowest BCUT2D eigenvalue weighted by atomic mass is 9.79. The average Bonchev–Trinajstić information content (AvgIpc) is 2.78. The van der Waals surface area contributed by atoms with Crippen molar-refractivity contribution in [1.29, 1.82) is 0 Å². The van der Waals surface area contributed by atoms with Gasteiger partial charge in [-0.2, -0.15) is 5.06 Å². The van der Waals surface area contributed by atoms with Gasteiger partial charge in [0.1, 0.15) is 0 Å². The molecule has 0 spiro atoms. The molecule has 7 heteroatoms. The van der Waals surface area contributed by atoms with Gasteiger partial charge in [0.2, 0.25) is 0 Å². The first-order valence-electron chi connectivity index (χ1n) is 7.91. The Bertz CT molecular complexity index is 501. The Labute approximate surface area is 136 Å². The Hall–Kier alpha value is -1.73. The van der Waals surface area contributed by atoms with Crippen LogP contribution in [0, 0.1) is 5.41 Å². The van der Waals surface area contributed by atoms with E-state index in [0.717, 1.165) is 0 Å². The summed E-state index contributed by atoms with van der Waals surface area (Å²) in [5.74, 6) is -1.43. The lowest BCUT2D eigenvalue weighted by molar-refractivity contribution is -0.206. The van der Waals surface area contributed by atoms with Gasteiger partial charge in [0, 0.05) is 26.9 Å². The molecular formula is C16H24N2O5. The van der Waals surface area contributed by atoms with Crippen LogP contribution in [0.3, 0.4) is 0 Å². The number of allylic oxidation sites excluding steroid dienone is 1. The number of carbonyl (C=O) groups is 3. The number of carbonyl (C=O) groups excluding carboxylic acids is 3. The second kappa shape index (κ2) is 7.23. The van der Waals surface area contributed by atoms with Crippen molar-refractivity contribution in [1.82, 2.24) is 10.1 Å². The van der Waals surface area contributed by atoms with Gasteiger partial charge < -0.3 is 4.84 Å². The minimum absolute atomic E-state index is 0.102. The Morgan fingerprint density at radius 2 is 1.91 bits per heavy atom. The lowest BCUT2D eigenvalue weighted by Crippen LogP contribution is -2.40. The van der Waals surface area contributed by atoms with Crippen LogP contribution in [-0.4, -0.2) is 48.1 Å². The number of hydrogen-bond donors (Lipinski definition) is 0. The van der Waals surface area contributed by atoms with Crippen molar-refractivity contribution in [2.45, 2.75) is 51.6 Å². The molecule has 0 aromatic heterocycles. The van der Waals surface area contributed by atoms with Gasteiger partial charge in [-0.1, -0.05) is 12.2 Å². The lowest BCUT2D eigenvalue weighted by Gasteiger charge is -2.31. The SMILES string of the molecule is CN(C)O[C@@H]1/C=C/CC[C@](C)(C(=O)ON2C(=O)CCC2=O)CC1. The first-order valence-corrected chi connectivity index (χ1v) is 7.91. The molecule has 0 saturated carbocycles. The third-order valence-corrected chi connectivity index (χ3v) is 4.21. The Morgan fingerprint density at radius 3 is 2.52 bits per heavy atom. The van der Waals surface area contributed by atoms with Crippen molar-refractivity contribution in [2.75, 3.05) is 14.1 Å². The van der Waals surface area contributed by atoms with Gasteiger partial charge >= 0.3 is 5.97 Å². The molecule has 0 radical (unpaired) electrons. The highest BCUT2D eigenvalue weighted by Crippen LogP contribution is 2.34. The molecule has 2 aliphatic rings. The summed E-state index contributed by atoms with van der Waals surface area (Å²) >= 11 is 0. The maximum atomic E-state index is 12.5. The van der Waals surface area contributed by atoms with Gasteiger partial charge in [-0.15, -0.1) is 5.06 Å². The van der Waals surface area contributed by atoms with Crippen molar-refractivity contribution in [3.8, 4) is 0 Å². The summed E-state index contributed by atoms with van der Waals surface area (Å²) in [6.45, 7) is 1.81. The highest BCUT2D eigenvalue weighted by molar-refractivity contribution is 6.01. The van der Waals surface area contributed by atoms with Crippen LogP contribution in [0.5, 0.6) is 0 Å². The monoisotopic (exact) mass is 324 g/mol. The van der Waals surface area contributed by atoms with Crippen molar-refractivity contribution >= 4 is 17.8 Å². The van der Waals surface area contributed by atoms with E-state index < -0.39 is 23.2 Å². The Morgan fingerprint density at radius 1 is 1.26 bits per heavy atom. The quantitative estimate of drug-likeness (QED) is 0.444. The first kappa shape index (κ1) is 17.6. The zero-order valence-corrected chi connectivity index (χ0v) is 13.9. The normalized spacial score (nSPS) is 30.3. The fourth-order valence-electron chi connectivity index (χ4n) is 2.75. The maximum Gasteiger partial charge on any atom is 0.339 e. The molecule has 1 fully saturated rings. The van der Waals surface area contributed by atoms with Crippen LogP contribution < -0.4 is 0 Å². The summed E-state index contributed by atoms with van der Waals surface area (Å²) in [7, 11) is 3.62. The predicted octanol–water partition coefficient (Wildman–Crippen LogP) is 1.59. The van der Waals surface area contributed by atoms with E-state index in [0.29, 0.717) is 30.7 Å². The fraction of sp³-hybridized carbons (Fsp3) is 0.688. The van der Waals surface area contributed by atoms with Gasteiger partial charge in [0.15, 0.2) is 0 Å². The van der Waals surface area contributed by atoms with Crippen molar-refractivity contribution in [2.24, 2.45) is 5.41 Å². The topological polar surface area (TPSA) is 76.2 Å². The summed E-state index contributed by atoms with van der Waals surface area (Å²) in [4.78, 5) is 46.5. The fourth-order valence-corrected chi connectivity index (χ4v) is 2.75. The molecule has 0 unspecified atom stereocenters. The molecule has 1 aliphatic carbocycles. The minimum atomic E-state index is -0.748. The number of imide groups is 1. The third kappa shape index (κ3) is 4.39. The van der Waals surface area contributed by atoms with E-state index in [2.05, 4.69) is 0 Å². The van der Waals surface area contributed by atoms with Crippen LogP contribution in [0.15, 0.2) is 12.2 Å². The molecule has 1 saturated heterocycles. The van der Waals surface area contributed by atoms with Crippen molar-refractivity contribution in [3.05, 3.63) is 12.2 Å². The van der Waals surface area contributed by atoms with Crippen LogP contribution in [0.1, 0.15) is 45.4 Å². The second-order valence-electron chi connectivity index (χ2n) is 6.48. The van der Waals surface area contributed by atoms with Crippen molar-refractivity contribution < 1.29 is 24.1 Å². The molecule has 0 aromatic rings. The number of hydrogen-bond acceptors (Lipinski definition) is 6. The molecule has 128 valence electrons. The highest BCUT2D eigenvalue weighted by Gasteiger charge is 2.40.